The molecule has 2 nitrogen and oxygen atoms in total. The van der Waals surface area contributed by atoms with E-state index in [4.69, 9.17) is 0 Å². The summed E-state index contributed by atoms with van der Waals surface area (Å²) in [5, 5.41) is 1.47. The maximum absolute atomic E-state index is 2.91. The maximum atomic E-state index is 2.91. The molecule has 7 aromatic rings. The lowest BCUT2D eigenvalue weighted by atomic mass is 9.35. The molecule has 17 rings (SSSR count). The van der Waals surface area contributed by atoms with Crippen LogP contribution < -0.4 is 25.5 Å². The van der Waals surface area contributed by atoms with Crippen molar-refractivity contribution < 1.29 is 0 Å². The minimum atomic E-state index is 0.0392. The highest BCUT2D eigenvalue weighted by molar-refractivity contribution is 7.33. The number of nitrogens with zero attached hydrogens (tertiary/aromatic N) is 2. The molecule has 2 bridgehead atoms. The fraction of sp³-hybridized carbons (Fsp3) is 0.537. The van der Waals surface area contributed by atoms with Gasteiger partial charge in [-0.3, -0.25) is 0 Å². The van der Waals surface area contributed by atoms with E-state index in [0.29, 0.717) is 11.8 Å². The number of benzene rings is 6. The fourth-order valence-electron chi connectivity index (χ4n) is 20.7. The summed E-state index contributed by atoms with van der Waals surface area (Å²) in [6, 6.07) is 42.4. The van der Waals surface area contributed by atoms with E-state index in [9.17, 15) is 0 Å². The van der Waals surface area contributed by atoms with E-state index in [1.54, 1.807) is 33.4 Å². The molecule has 8 aliphatic carbocycles. The predicted molar refractivity (Wildman–Crippen MR) is 371 cm³/mol. The van der Waals surface area contributed by atoms with Gasteiger partial charge in [-0.1, -0.05) is 173 Å². The number of hydrogen-bond acceptors (Lipinski definition) is 3. The largest absolute Gasteiger partial charge is 0.311 e. The SMILES string of the molecule is CC1c2ccccc2C2(C)CCCCC2(C)CC1c1cc2c3c(c1)N(c1ccc4c(c1)C(C)(C)CCC4(C)C)c1c(sc4cc5c(cc14)C1(C)CCC5(C)CC1)B3c1cc3c(cc1N2c1ccc2c(c1)C(C)(C)CCC2(C)C)C(C)(C)CCC3(C)C. The minimum Gasteiger partial charge on any atom is -0.311 e. The van der Waals surface area contributed by atoms with Gasteiger partial charge in [0, 0.05) is 43.3 Å². The van der Waals surface area contributed by atoms with Crippen LogP contribution in [-0.4, -0.2) is 6.71 Å². The summed E-state index contributed by atoms with van der Waals surface area (Å²) >= 11 is 2.16. The Morgan fingerprint density at radius 2 is 0.919 bits per heavy atom. The van der Waals surface area contributed by atoms with E-state index in [1.807, 2.05) is 0 Å². The van der Waals surface area contributed by atoms with Crippen LogP contribution >= 0.6 is 11.3 Å². The molecular formula is C82H99BN2S. The van der Waals surface area contributed by atoms with E-state index in [-0.39, 0.29) is 60.9 Å². The minimum absolute atomic E-state index is 0.0392. The van der Waals surface area contributed by atoms with Crippen LogP contribution in [0.15, 0.2) is 97.1 Å². The van der Waals surface area contributed by atoms with Gasteiger partial charge in [-0.2, -0.15) is 0 Å². The molecule has 1 aromatic heterocycles. The lowest BCUT2D eigenvalue weighted by Gasteiger charge is -2.52. The van der Waals surface area contributed by atoms with E-state index in [0.717, 1.165) is 0 Å². The maximum Gasteiger partial charge on any atom is 0.264 e. The van der Waals surface area contributed by atoms with Gasteiger partial charge in [0.1, 0.15) is 0 Å². The average Bonchev–Trinajstić information content (AvgIpc) is 1.28. The number of rotatable bonds is 3. The van der Waals surface area contributed by atoms with Crippen LogP contribution in [0.4, 0.5) is 34.1 Å². The van der Waals surface area contributed by atoms with E-state index >= 15 is 0 Å². The van der Waals surface area contributed by atoms with Crippen molar-refractivity contribution in [2.75, 3.05) is 9.80 Å². The van der Waals surface area contributed by atoms with Gasteiger partial charge in [0.15, 0.2) is 0 Å². The van der Waals surface area contributed by atoms with Crippen molar-refractivity contribution in [3.8, 4) is 0 Å². The molecule has 0 radical (unpaired) electrons. The topological polar surface area (TPSA) is 6.48 Å². The molecule has 4 unspecified atom stereocenters. The molecule has 86 heavy (non-hydrogen) atoms. The summed E-state index contributed by atoms with van der Waals surface area (Å²) in [4.78, 5) is 5.79. The van der Waals surface area contributed by atoms with E-state index in [2.05, 4.69) is 236 Å². The van der Waals surface area contributed by atoms with Gasteiger partial charge in [-0.05, 0) is 276 Å². The first-order valence-corrected chi connectivity index (χ1v) is 35.2. The van der Waals surface area contributed by atoms with Crippen molar-refractivity contribution in [2.45, 2.75) is 275 Å². The smallest absolute Gasteiger partial charge is 0.264 e. The summed E-state index contributed by atoms with van der Waals surface area (Å²) in [7, 11) is 0. The summed E-state index contributed by atoms with van der Waals surface area (Å²) in [5.74, 6) is 0.646. The van der Waals surface area contributed by atoms with Crippen molar-refractivity contribution in [3.05, 3.63) is 158 Å². The first-order chi connectivity index (χ1) is 40.4. The second-order valence-corrected chi connectivity index (χ2v) is 36.5. The standard InChI is InChI=1S/C82H99BN2S/c1-49-53-22-18-19-23-56(53)82(17)29-21-20-28-81(82,16)48-55(49)50-40-67-70-68(41-50)85(52-25-27-58-60(43-52)76(8,9)33-31-74(58,4)5)71-54-44-63-64(80(15)38-36-79(63,14)37-39-80)47-69(54)86-72(71)83(70)65-45-61-62(78(12,13)35-34-77(61,10)11)46-66(65)84(67)51-24-26-57-59(42-51)75(6,7)32-30-73(57,2)3/h18-19,22-27,40-47,49,55H,20-21,28-39,48H2,1-17H3. The molecule has 2 saturated carbocycles. The van der Waals surface area contributed by atoms with Crippen molar-refractivity contribution >= 4 is 78.0 Å². The van der Waals surface area contributed by atoms with Gasteiger partial charge < -0.3 is 9.80 Å². The Hall–Kier alpha value is -5.06. The van der Waals surface area contributed by atoms with Gasteiger partial charge in [0.2, 0.25) is 0 Å². The van der Waals surface area contributed by atoms with Gasteiger partial charge >= 0.3 is 0 Å². The Morgan fingerprint density at radius 3 is 1.50 bits per heavy atom. The van der Waals surface area contributed by atoms with Crippen LogP contribution in [0.2, 0.25) is 0 Å². The molecule has 4 atom stereocenters. The number of fused-ring (bicyclic) bond motifs is 14. The van der Waals surface area contributed by atoms with Crippen LogP contribution in [-0.2, 0) is 48.7 Å². The lowest BCUT2D eigenvalue weighted by molar-refractivity contribution is 0.0733. The van der Waals surface area contributed by atoms with Gasteiger partial charge in [-0.25, -0.2) is 0 Å². The van der Waals surface area contributed by atoms with Crippen molar-refractivity contribution in [3.63, 3.8) is 0 Å². The molecule has 10 aliphatic rings. The monoisotopic (exact) mass is 1150 g/mol. The van der Waals surface area contributed by atoms with Gasteiger partial charge in [0.25, 0.3) is 6.71 Å². The zero-order valence-corrected chi connectivity index (χ0v) is 56.7. The van der Waals surface area contributed by atoms with Crippen LogP contribution in [0.25, 0.3) is 10.1 Å². The third-order valence-corrected chi connectivity index (χ3v) is 28.7. The molecule has 0 N–H and O–H groups in total. The molecule has 3 heterocycles. The van der Waals surface area contributed by atoms with E-state index in [1.165, 1.54) is 184 Å². The van der Waals surface area contributed by atoms with Crippen LogP contribution in [0.3, 0.4) is 0 Å². The molecule has 446 valence electrons. The first kappa shape index (κ1) is 56.2. The Morgan fingerprint density at radius 1 is 0.430 bits per heavy atom. The molecule has 0 saturated heterocycles. The van der Waals surface area contributed by atoms with Crippen LogP contribution in [0.5, 0.6) is 0 Å². The molecule has 2 aliphatic heterocycles. The average molecular weight is 1160 g/mol. The Kier molecular flexibility index (Phi) is 11.5. The van der Waals surface area contributed by atoms with E-state index < -0.39 is 0 Å². The van der Waals surface area contributed by atoms with Gasteiger partial charge in [-0.15, -0.1) is 11.3 Å². The third-order valence-electron chi connectivity index (χ3n) is 27.5. The Bertz CT molecular complexity index is 4070. The summed E-state index contributed by atoms with van der Waals surface area (Å²) in [6.45, 7) is 43.7. The molecule has 0 amide bonds. The number of anilines is 6. The second-order valence-electron chi connectivity index (χ2n) is 35.4. The normalized spacial score (nSPS) is 30.4. The van der Waals surface area contributed by atoms with Crippen LogP contribution in [0.1, 0.15) is 287 Å². The van der Waals surface area contributed by atoms with Crippen LogP contribution in [0, 0.1) is 5.41 Å². The quantitative estimate of drug-likeness (QED) is 0.163. The lowest BCUT2D eigenvalue weighted by Crippen LogP contribution is -2.61. The number of thiophene rings is 1. The zero-order valence-electron chi connectivity index (χ0n) is 55.9. The molecule has 4 heteroatoms. The summed E-state index contributed by atoms with van der Waals surface area (Å²) in [6.07, 6.45) is 18.7. The molecular weight excluding hydrogens is 1060 g/mol. The Balaban J connectivity index is 1.06. The second kappa shape index (κ2) is 17.7. The first-order valence-electron chi connectivity index (χ1n) is 34.4. The summed E-state index contributed by atoms with van der Waals surface area (Å²) in [5.41, 5.74) is 29.7. The molecule has 6 aromatic carbocycles. The highest BCUT2D eigenvalue weighted by Crippen LogP contribution is 2.64. The van der Waals surface area contributed by atoms with Gasteiger partial charge in [0.05, 0.1) is 5.69 Å². The van der Waals surface area contributed by atoms with Crippen molar-refractivity contribution in [1.82, 2.24) is 0 Å². The summed E-state index contributed by atoms with van der Waals surface area (Å²) < 4.78 is 3.01. The zero-order chi connectivity index (χ0) is 60.2. The highest BCUT2D eigenvalue weighted by atomic mass is 32.1. The highest BCUT2D eigenvalue weighted by Gasteiger charge is 2.55. The fourth-order valence-corrected chi connectivity index (χ4v) is 22.1. The third kappa shape index (κ3) is 7.56. The number of hydrogen-bond donors (Lipinski definition) is 0. The predicted octanol–water partition coefficient (Wildman–Crippen LogP) is 21.3. The van der Waals surface area contributed by atoms with Crippen molar-refractivity contribution in [2.24, 2.45) is 5.41 Å². The molecule has 2 fully saturated rings. The molecule has 0 spiro atoms. The van der Waals surface area contributed by atoms with Crippen molar-refractivity contribution in [1.29, 1.82) is 0 Å². The Labute approximate surface area is 522 Å².